The van der Waals surface area contributed by atoms with Crippen LogP contribution in [0, 0.1) is 11.8 Å². The lowest BCUT2D eigenvalue weighted by Gasteiger charge is -2.36. The summed E-state index contributed by atoms with van der Waals surface area (Å²) in [6.07, 6.45) is 7.82. The third-order valence-electron chi connectivity index (χ3n) is 4.18. The van der Waals surface area contributed by atoms with E-state index >= 15 is 0 Å². The summed E-state index contributed by atoms with van der Waals surface area (Å²) < 4.78 is 2.31. The van der Waals surface area contributed by atoms with Crippen LogP contribution in [0.15, 0.2) is 12.5 Å². The molecule has 2 N–H and O–H groups in total. The lowest BCUT2D eigenvalue weighted by molar-refractivity contribution is 0.182. The van der Waals surface area contributed by atoms with Crippen molar-refractivity contribution in [3.8, 4) is 0 Å². The smallest absolute Gasteiger partial charge is 0.0951 e. The molecule has 2 rings (SSSR count). The summed E-state index contributed by atoms with van der Waals surface area (Å²) in [6.45, 7) is 6.75. The molecule has 1 aromatic heterocycles. The van der Waals surface area contributed by atoms with Gasteiger partial charge in [0.15, 0.2) is 0 Å². The van der Waals surface area contributed by atoms with E-state index in [0.29, 0.717) is 6.04 Å². The van der Waals surface area contributed by atoms with Crippen LogP contribution >= 0.6 is 0 Å². The minimum absolute atomic E-state index is 0.0759. The van der Waals surface area contributed by atoms with Gasteiger partial charge in [-0.05, 0) is 25.2 Å². The van der Waals surface area contributed by atoms with Crippen LogP contribution < -0.4 is 5.73 Å². The van der Waals surface area contributed by atoms with Crippen molar-refractivity contribution in [3.63, 3.8) is 0 Å². The molecular weight excluding hydrogens is 198 g/mol. The Morgan fingerprint density at radius 2 is 2.19 bits per heavy atom. The molecule has 4 atom stereocenters. The summed E-state index contributed by atoms with van der Waals surface area (Å²) in [4.78, 5) is 4.26. The van der Waals surface area contributed by atoms with Crippen molar-refractivity contribution in [2.45, 2.75) is 52.1 Å². The van der Waals surface area contributed by atoms with Crippen molar-refractivity contribution in [3.05, 3.63) is 18.2 Å². The van der Waals surface area contributed by atoms with Crippen LogP contribution in [0.25, 0.3) is 0 Å². The lowest BCUT2D eigenvalue weighted by atomic mass is 9.78. The first-order valence-electron chi connectivity index (χ1n) is 6.38. The highest BCUT2D eigenvalue weighted by molar-refractivity contribution is 5.06. The minimum Gasteiger partial charge on any atom is -0.330 e. The van der Waals surface area contributed by atoms with E-state index in [1.807, 2.05) is 19.4 Å². The second-order valence-corrected chi connectivity index (χ2v) is 5.35. The summed E-state index contributed by atoms with van der Waals surface area (Å²) in [5.41, 5.74) is 7.16. The Balaban J connectivity index is 2.25. The van der Waals surface area contributed by atoms with Crippen molar-refractivity contribution in [2.75, 3.05) is 0 Å². The van der Waals surface area contributed by atoms with Crippen molar-refractivity contribution < 1.29 is 0 Å². The van der Waals surface area contributed by atoms with Crippen molar-refractivity contribution in [2.24, 2.45) is 17.6 Å². The van der Waals surface area contributed by atoms with Gasteiger partial charge in [-0.3, -0.25) is 0 Å². The highest BCUT2D eigenvalue weighted by atomic mass is 15.1. The molecule has 16 heavy (non-hydrogen) atoms. The predicted octanol–water partition coefficient (Wildman–Crippen LogP) is 2.90. The van der Waals surface area contributed by atoms with Crippen LogP contribution in [0.2, 0.25) is 0 Å². The highest BCUT2D eigenvalue weighted by Crippen LogP contribution is 2.38. The molecule has 0 aliphatic heterocycles. The van der Waals surface area contributed by atoms with Gasteiger partial charge in [-0.15, -0.1) is 0 Å². The van der Waals surface area contributed by atoms with Gasteiger partial charge in [0, 0.05) is 18.3 Å². The largest absolute Gasteiger partial charge is 0.330 e. The second-order valence-electron chi connectivity index (χ2n) is 5.35. The van der Waals surface area contributed by atoms with Crippen molar-refractivity contribution in [1.29, 1.82) is 0 Å². The van der Waals surface area contributed by atoms with Gasteiger partial charge in [0.05, 0.1) is 12.0 Å². The number of nitrogens with zero attached hydrogens (tertiary/aromatic N) is 2. The maximum Gasteiger partial charge on any atom is 0.0951 e. The molecule has 0 bridgehead atoms. The van der Waals surface area contributed by atoms with Gasteiger partial charge in [-0.1, -0.05) is 26.7 Å². The molecule has 1 heterocycles. The molecular formula is C13H23N3. The van der Waals surface area contributed by atoms with Gasteiger partial charge in [-0.25, -0.2) is 4.98 Å². The van der Waals surface area contributed by atoms with Crippen LogP contribution in [0.3, 0.4) is 0 Å². The van der Waals surface area contributed by atoms with E-state index in [2.05, 4.69) is 23.4 Å². The number of nitrogens with two attached hydrogens (primary N) is 1. The van der Waals surface area contributed by atoms with Crippen LogP contribution in [-0.2, 0) is 0 Å². The van der Waals surface area contributed by atoms with E-state index in [9.17, 15) is 0 Å². The number of rotatable bonds is 2. The van der Waals surface area contributed by atoms with E-state index in [4.69, 9.17) is 5.73 Å². The third-order valence-corrected chi connectivity index (χ3v) is 4.18. The topological polar surface area (TPSA) is 43.8 Å². The molecule has 3 unspecified atom stereocenters. The van der Waals surface area contributed by atoms with Gasteiger partial charge >= 0.3 is 0 Å². The van der Waals surface area contributed by atoms with Gasteiger partial charge in [0.2, 0.25) is 0 Å². The molecule has 0 aromatic carbocycles. The van der Waals surface area contributed by atoms with Gasteiger partial charge in [0.25, 0.3) is 0 Å². The maximum atomic E-state index is 5.98. The summed E-state index contributed by atoms with van der Waals surface area (Å²) in [5.74, 6) is 1.53. The molecule has 90 valence electrons. The third kappa shape index (κ3) is 2.01. The van der Waals surface area contributed by atoms with Crippen molar-refractivity contribution in [1.82, 2.24) is 9.55 Å². The monoisotopic (exact) mass is 221 g/mol. The molecule has 0 amide bonds. The summed E-state index contributed by atoms with van der Waals surface area (Å²) in [7, 11) is 0. The lowest BCUT2D eigenvalue weighted by Crippen LogP contribution is -2.28. The minimum atomic E-state index is 0.0759. The van der Waals surface area contributed by atoms with Crippen LogP contribution in [-0.4, -0.2) is 9.55 Å². The van der Waals surface area contributed by atoms with E-state index < -0.39 is 0 Å². The van der Waals surface area contributed by atoms with E-state index in [0.717, 1.165) is 11.8 Å². The van der Waals surface area contributed by atoms with Gasteiger partial charge in [-0.2, -0.15) is 0 Å². The Bertz CT molecular complexity index is 343. The fourth-order valence-corrected chi connectivity index (χ4v) is 2.89. The van der Waals surface area contributed by atoms with E-state index in [1.54, 1.807) is 0 Å². The number of aromatic nitrogens is 2. The molecule has 1 aliphatic carbocycles. The summed E-state index contributed by atoms with van der Waals surface area (Å²) in [5, 5.41) is 0. The number of hydrogen-bond donors (Lipinski definition) is 1. The summed E-state index contributed by atoms with van der Waals surface area (Å²) >= 11 is 0. The molecule has 0 saturated heterocycles. The number of imidazole rings is 1. The molecule has 0 spiro atoms. The molecule has 1 saturated carbocycles. The van der Waals surface area contributed by atoms with Crippen LogP contribution in [0.1, 0.15) is 57.8 Å². The molecule has 0 radical (unpaired) electrons. The Morgan fingerprint density at radius 1 is 1.44 bits per heavy atom. The first-order chi connectivity index (χ1) is 7.61. The van der Waals surface area contributed by atoms with Gasteiger partial charge < -0.3 is 10.3 Å². The van der Waals surface area contributed by atoms with E-state index in [-0.39, 0.29) is 6.04 Å². The Hall–Kier alpha value is -0.830. The Morgan fingerprint density at radius 3 is 2.88 bits per heavy atom. The second kappa shape index (κ2) is 4.58. The molecule has 1 aliphatic rings. The standard InChI is InChI=1S/C13H23N3/c1-9-5-4-6-12(10(9)2)16-8-15-7-13(16)11(3)14/h7-12H,4-6,14H2,1-3H3/t9?,10?,11-,12?/m0/s1. The molecule has 3 nitrogen and oxygen atoms in total. The fraction of sp³-hybridized carbons (Fsp3) is 0.769. The average Bonchev–Trinajstić information content (AvgIpc) is 2.70. The first kappa shape index (κ1) is 11.6. The predicted molar refractivity (Wildman–Crippen MR) is 66.0 cm³/mol. The average molecular weight is 221 g/mol. The first-order valence-corrected chi connectivity index (χ1v) is 6.38. The molecule has 3 heteroatoms. The highest BCUT2D eigenvalue weighted by Gasteiger charge is 2.29. The van der Waals surface area contributed by atoms with Crippen LogP contribution in [0.4, 0.5) is 0 Å². The molecule has 1 fully saturated rings. The van der Waals surface area contributed by atoms with Crippen LogP contribution in [0.5, 0.6) is 0 Å². The zero-order valence-electron chi connectivity index (χ0n) is 10.6. The Kier molecular flexibility index (Phi) is 3.33. The van der Waals surface area contributed by atoms with Crippen molar-refractivity contribution >= 4 is 0 Å². The number of hydrogen-bond acceptors (Lipinski definition) is 2. The normalized spacial score (nSPS) is 32.6. The zero-order valence-corrected chi connectivity index (χ0v) is 10.6. The maximum absolute atomic E-state index is 5.98. The SMILES string of the molecule is CC1CCCC(n2cncc2[C@H](C)N)C1C. The van der Waals surface area contributed by atoms with Gasteiger partial charge in [0.1, 0.15) is 0 Å². The van der Waals surface area contributed by atoms with E-state index in [1.165, 1.54) is 25.0 Å². The fourth-order valence-electron chi connectivity index (χ4n) is 2.89. The Labute approximate surface area is 98.1 Å². The molecule has 1 aromatic rings. The zero-order chi connectivity index (χ0) is 11.7. The summed E-state index contributed by atoms with van der Waals surface area (Å²) in [6, 6.07) is 0.666. The quantitative estimate of drug-likeness (QED) is 0.834.